The standard InChI is InChI=1S/C23H22N2O4S/c1-17(2)16-25(18-9-14-22(24-3)23(26)15-18)30(27,28)21-12-10-20(11-13-21)29-19-7-5-4-6-8-19/h4-15,17,26H,16H2,1-2H3. The fourth-order valence-electron chi connectivity index (χ4n) is 2.87. The monoisotopic (exact) mass is 422 g/mol. The predicted octanol–water partition coefficient (Wildman–Crippen LogP) is 5.59. The zero-order chi connectivity index (χ0) is 21.7. The molecule has 0 heterocycles. The number of phenolic OH excluding ortho intramolecular Hbond substituents is 1. The summed E-state index contributed by atoms with van der Waals surface area (Å²) in [5.74, 6) is 0.973. The summed E-state index contributed by atoms with van der Waals surface area (Å²) in [6.45, 7) is 11.1. The Balaban J connectivity index is 1.93. The molecule has 0 aromatic heterocycles. The summed E-state index contributed by atoms with van der Waals surface area (Å²) in [6.07, 6.45) is 0. The first-order valence-electron chi connectivity index (χ1n) is 9.37. The van der Waals surface area contributed by atoms with E-state index in [0.29, 0.717) is 17.2 Å². The summed E-state index contributed by atoms with van der Waals surface area (Å²) in [5, 5.41) is 10.0. The zero-order valence-electron chi connectivity index (χ0n) is 16.7. The molecule has 0 unspecified atom stereocenters. The maximum absolute atomic E-state index is 13.3. The SMILES string of the molecule is [C-]#[N+]c1ccc(N(CC(C)C)S(=O)(=O)c2ccc(Oc3ccccc3)cc2)cc1O. The Morgan fingerprint density at radius 3 is 2.20 bits per heavy atom. The van der Waals surface area contributed by atoms with Crippen LogP contribution in [0, 0.1) is 12.5 Å². The van der Waals surface area contributed by atoms with Crippen molar-refractivity contribution in [1.82, 2.24) is 0 Å². The maximum atomic E-state index is 13.3. The van der Waals surface area contributed by atoms with E-state index in [4.69, 9.17) is 11.3 Å². The van der Waals surface area contributed by atoms with Crippen molar-refractivity contribution >= 4 is 21.4 Å². The number of para-hydroxylation sites is 1. The summed E-state index contributed by atoms with van der Waals surface area (Å²) in [7, 11) is -3.89. The van der Waals surface area contributed by atoms with Crippen molar-refractivity contribution in [2.75, 3.05) is 10.8 Å². The minimum Gasteiger partial charge on any atom is -0.519 e. The van der Waals surface area contributed by atoms with E-state index in [1.165, 1.54) is 34.6 Å². The fraction of sp³-hybridized carbons (Fsp3) is 0.174. The van der Waals surface area contributed by atoms with Gasteiger partial charge in [0.2, 0.25) is 5.69 Å². The first-order chi connectivity index (χ1) is 14.3. The van der Waals surface area contributed by atoms with Crippen LogP contribution in [0.4, 0.5) is 11.4 Å². The number of hydrogen-bond acceptors (Lipinski definition) is 4. The Kier molecular flexibility index (Phi) is 6.28. The van der Waals surface area contributed by atoms with E-state index in [2.05, 4.69) is 4.85 Å². The maximum Gasteiger partial charge on any atom is 0.264 e. The van der Waals surface area contributed by atoms with Gasteiger partial charge in [0.05, 0.1) is 17.2 Å². The van der Waals surface area contributed by atoms with Crippen molar-refractivity contribution in [3.8, 4) is 17.2 Å². The van der Waals surface area contributed by atoms with Crippen molar-refractivity contribution in [1.29, 1.82) is 0 Å². The van der Waals surface area contributed by atoms with Crippen LogP contribution in [0.25, 0.3) is 4.85 Å². The van der Waals surface area contributed by atoms with Gasteiger partial charge in [-0.05, 0) is 54.4 Å². The number of rotatable bonds is 7. The van der Waals surface area contributed by atoms with Gasteiger partial charge in [-0.15, -0.1) is 0 Å². The second-order valence-electron chi connectivity index (χ2n) is 7.10. The van der Waals surface area contributed by atoms with E-state index in [1.807, 2.05) is 44.2 Å². The summed E-state index contributed by atoms with van der Waals surface area (Å²) in [5.41, 5.74) is 0.376. The van der Waals surface area contributed by atoms with Crippen molar-refractivity contribution in [3.63, 3.8) is 0 Å². The van der Waals surface area contributed by atoms with Gasteiger partial charge in [-0.3, -0.25) is 4.31 Å². The number of benzene rings is 3. The molecule has 30 heavy (non-hydrogen) atoms. The van der Waals surface area contributed by atoms with E-state index in [9.17, 15) is 13.5 Å². The summed E-state index contributed by atoms with van der Waals surface area (Å²) in [4.78, 5) is 3.32. The Bertz CT molecular complexity index is 1150. The molecule has 0 aliphatic heterocycles. The molecule has 0 bridgehead atoms. The number of phenols is 1. The Labute approximate surface area is 176 Å². The number of aromatic hydroxyl groups is 1. The van der Waals surface area contributed by atoms with E-state index in [0.717, 1.165) is 0 Å². The molecule has 0 radical (unpaired) electrons. The molecule has 0 saturated heterocycles. The fourth-order valence-corrected chi connectivity index (χ4v) is 4.49. The molecular weight excluding hydrogens is 400 g/mol. The third-order valence-electron chi connectivity index (χ3n) is 4.29. The third kappa shape index (κ3) is 4.73. The first-order valence-corrected chi connectivity index (χ1v) is 10.8. The average Bonchev–Trinajstić information content (AvgIpc) is 2.73. The van der Waals surface area contributed by atoms with Gasteiger partial charge in [0.1, 0.15) is 17.2 Å². The molecule has 3 rings (SSSR count). The summed E-state index contributed by atoms with van der Waals surface area (Å²) < 4.78 is 33.7. The molecule has 0 spiro atoms. The van der Waals surface area contributed by atoms with Gasteiger partial charge in [0, 0.05) is 6.54 Å². The first kappa shape index (κ1) is 21.2. The van der Waals surface area contributed by atoms with Gasteiger partial charge in [0.15, 0.2) is 0 Å². The van der Waals surface area contributed by atoms with Crippen molar-refractivity contribution in [2.24, 2.45) is 5.92 Å². The largest absolute Gasteiger partial charge is 0.519 e. The minimum absolute atomic E-state index is 0.0446. The molecule has 0 fully saturated rings. The molecule has 3 aromatic carbocycles. The van der Waals surface area contributed by atoms with Crippen molar-refractivity contribution in [3.05, 3.63) is 84.2 Å². The number of ether oxygens (including phenoxy) is 1. The highest BCUT2D eigenvalue weighted by molar-refractivity contribution is 7.92. The van der Waals surface area contributed by atoms with Crippen LogP contribution in [0.15, 0.2) is 77.7 Å². The molecule has 154 valence electrons. The van der Waals surface area contributed by atoms with Gasteiger partial charge < -0.3 is 9.84 Å². The molecule has 0 saturated carbocycles. The van der Waals surface area contributed by atoms with E-state index in [-0.39, 0.29) is 28.8 Å². The summed E-state index contributed by atoms with van der Waals surface area (Å²) >= 11 is 0. The van der Waals surface area contributed by atoms with Crippen LogP contribution >= 0.6 is 0 Å². The molecule has 3 aromatic rings. The van der Waals surface area contributed by atoms with Crippen molar-refractivity contribution in [2.45, 2.75) is 18.7 Å². The molecule has 0 aliphatic rings. The highest BCUT2D eigenvalue weighted by atomic mass is 32.2. The Morgan fingerprint density at radius 1 is 1.00 bits per heavy atom. The van der Waals surface area contributed by atoms with Crippen LogP contribution in [-0.4, -0.2) is 20.1 Å². The number of sulfonamides is 1. The molecule has 1 N–H and O–H groups in total. The second kappa shape index (κ2) is 8.89. The van der Waals surface area contributed by atoms with Crippen LogP contribution in [0.5, 0.6) is 17.2 Å². The minimum atomic E-state index is -3.89. The number of hydrogen-bond donors (Lipinski definition) is 1. The van der Waals surface area contributed by atoms with E-state index in [1.54, 1.807) is 12.1 Å². The van der Waals surface area contributed by atoms with E-state index >= 15 is 0 Å². The van der Waals surface area contributed by atoms with Crippen molar-refractivity contribution < 1.29 is 18.3 Å². The lowest BCUT2D eigenvalue weighted by Gasteiger charge is -2.26. The molecule has 0 amide bonds. The van der Waals surface area contributed by atoms with Crippen LogP contribution in [0.3, 0.4) is 0 Å². The van der Waals surface area contributed by atoms with Crippen LogP contribution in [0.1, 0.15) is 13.8 Å². The van der Waals surface area contributed by atoms with Crippen LogP contribution in [0.2, 0.25) is 0 Å². The van der Waals surface area contributed by atoms with Gasteiger partial charge in [-0.25, -0.2) is 13.3 Å². The highest BCUT2D eigenvalue weighted by Crippen LogP contribution is 2.34. The predicted molar refractivity (Wildman–Crippen MR) is 117 cm³/mol. The lowest BCUT2D eigenvalue weighted by Crippen LogP contribution is -2.34. The van der Waals surface area contributed by atoms with Crippen LogP contribution in [-0.2, 0) is 10.0 Å². The molecule has 0 aliphatic carbocycles. The third-order valence-corrected chi connectivity index (χ3v) is 6.10. The quantitative estimate of drug-likeness (QED) is 0.504. The molecule has 6 nitrogen and oxygen atoms in total. The highest BCUT2D eigenvalue weighted by Gasteiger charge is 2.26. The molecule has 7 heteroatoms. The van der Waals surface area contributed by atoms with Gasteiger partial charge in [-0.1, -0.05) is 38.1 Å². The summed E-state index contributed by atoms with van der Waals surface area (Å²) in [6, 6.07) is 19.7. The van der Waals surface area contributed by atoms with Crippen LogP contribution < -0.4 is 9.04 Å². The lowest BCUT2D eigenvalue weighted by molar-refractivity contribution is 0.478. The second-order valence-corrected chi connectivity index (χ2v) is 8.96. The molecule has 0 atom stereocenters. The Morgan fingerprint density at radius 2 is 1.63 bits per heavy atom. The normalized spacial score (nSPS) is 11.1. The Hall–Kier alpha value is -3.50. The van der Waals surface area contributed by atoms with Gasteiger partial charge in [-0.2, -0.15) is 0 Å². The van der Waals surface area contributed by atoms with E-state index < -0.39 is 10.0 Å². The topological polar surface area (TPSA) is 71.2 Å². The molecular formula is C23H22N2O4S. The smallest absolute Gasteiger partial charge is 0.264 e. The van der Waals surface area contributed by atoms with Gasteiger partial charge >= 0.3 is 0 Å². The number of nitrogens with zero attached hydrogens (tertiary/aromatic N) is 2. The lowest BCUT2D eigenvalue weighted by atomic mass is 10.2. The number of anilines is 1. The average molecular weight is 423 g/mol. The zero-order valence-corrected chi connectivity index (χ0v) is 17.5. The van der Waals surface area contributed by atoms with Gasteiger partial charge in [0.25, 0.3) is 10.0 Å².